The Morgan fingerprint density at radius 3 is 2.58 bits per heavy atom. The number of furan rings is 1. The molecular formula is C17H16F3NO3. The molecule has 0 bridgehead atoms. The molecule has 1 unspecified atom stereocenters. The van der Waals surface area contributed by atoms with E-state index in [1.165, 1.54) is 18.4 Å². The van der Waals surface area contributed by atoms with Crippen molar-refractivity contribution in [2.45, 2.75) is 24.6 Å². The standard InChI is InChI=1S/C17H16F3NO3/c18-17(19,20)13-4-1-3-11(9-13)15(22)21-10-16(23,12-6-7-12)14-5-2-8-24-14/h1-5,8-9,12,23H,6-7,10H2,(H,21,22). The first-order chi connectivity index (χ1) is 11.3. The Morgan fingerprint density at radius 1 is 1.25 bits per heavy atom. The molecule has 2 aromatic rings. The minimum Gasteiger partial charge on any atom is -0.466 e. The zero-order chi connectivity index (χ0) is 17.4. The molecule has 7 heteroatoms. The molecule has 1 amide bonds. The first-order valence-corrected chi connectivity index (χ1v) is 7.52. The van der Waals surface area contributed by atoms with Crippen molar-refractivity contribution >= 4 is 5.91 Å². The van der Waals surface area contributed by atoms with E-state index >= 15 is 0 Å². The van der Waals surface area contributed by atoms with Gasteiger partial charge in [0, 0.05) is 5.56 Å². The second-order valence-electron chi connectivity index (χ2n) is 5.94. The first kappa shape index (κ1) is 16.6. The number of hydrogen-bond donors (Lipinski definition) is 2. The van der Waals surface area contributed by atoms with Crippen molar-refractivity contribution in [1.29, 1.82) is 0 Å². The van der Waals surface area contributed by atoms with Crippen LogP contribution in [0.25, 0.3) is 0 Å². The van der Waals surface area contributed by atoms with Gasteiger partial charge in [-0.3, -0.25) is 4.79 Å². The number of halogens is 3. The van der Waals surface area contributed by atoms with Crippen molar-refractivity contribution in [2.24, 2.45) is 5.92 Å². The van der Waals surface area contributed by atoms with Gasteiger partial charge in [-0.2, -0.15) is 13.2 Å². The SMILES string of the molecule is O=C(NCC(O)(c1ccco1)C1CC1)c1cccc(C(F)(F)F)c1. The molecule has 0 radical (unpaired) electrons. The molecule has 4 nitrogen and oxygen atoms in total. The molecular weight excluding hydrogens is 323 g/mol. The summed E-state index contributed by atoms with van der Waals surface area (Å²) in [7, 11) is 0. The maximum Gasteiger partial charge on any atom is 0.416 e. The Bertz CT molecular complexity index is 723. The number of amides is 1. The summed E-state index contributed by atoms with van der Waals surface area (Å²) in [6.45, 7) is -0.125. The largest absolute Gasteiger partial charge is 0.466 e. The molecule has 1 saturated carbocycles. The Labute approximate surface area is 136 Å². The maximum absolute atomic E-state index is 12.7. The summed E-state index contributed by atoms with van der Waals surface area (Å²) in [5.74, 6) is -0.369. The minimum absolute atomic E-state index is 0.0366. The van der Waals surface area contributed by atoms with Crippen molar-refractivity contribution in [3.05, 3.63) is 59.5 Å². The molecule has 2 N–H and O–H groups in total. The zero-order valence-electron chi connectivity index (χ0n) is 12.6. The number of benzene rings is 1. The van der Waals surface area contributed by atoms with E-state index in [1.807, 2.05) is 0 Å². The fourth-order valence-corrected chi connectivity index (χ4v) is 2.67. The highest BCUT2D eigenvalue weighted by molar-refractivity contribution is 5.94. The van der Waals surface area contributed by atoms with Gasteiger partial charge in [-0.25, -0.2) is 0 Å². The van der Waals surface area contributed by atoms with Crippen LogP contribution in [0.4, 0.5) is 13.2 Å². The molecule has 128 valence electrons. The average molecular weight is 339 g/mol. The lowest BCUT2D eigenvalue weighted by Gasteiger charge is -2.26. The third kappa shape index (κ3) is 3.31. The molecule has 1 aliphatic rings. The smallest absolute Gasteiger partial charge is 0.416 e. The van der Waals surface area contributed by atoms with Crippen LogP contribution in [-0.2, 0) is 11.8 Å². The number of hydrogen-bond acceptors (Lipinski definition) is 3. The second-order valence-corrected chi connectivity index (χ2v) is 5.94. The lowest BCUT2D eigenvalue weighted by atomic mass is 9.94. The van der Waals surface area contributed by atoms with Crippen molar-refractivity contribution < 1.29 is 27.5 Å². The van der Waals surface area contributed by atoms with E-state index in [0.29, 0.717) is 5.76 Å². The van der Waals surface area contributed by atoms with Crippen LogP contribution < -0.4 is 5.32 Å². The van der Waals surface area contributed by atoms with Crippen LogP contribution in [0.5, 0.6) is 0 Å². The van der Waals surface area contributed by atoms with Crippen LogP contribution in [-0.4, -0.2) is 17.6 Å². The van der Waals surface area contributed by atoms with Crippen LogP contribution in [0.3, 0.4) is 0 Å². The van der Waals surface area contributed by atoms with Gasteiger partial charge in [-0.1, -0.05) is 6.07 Å². The Morgan fingerprint density at radius 2 is 2.00 bits per heavy atom. The first-order valence-electron chi connectivity index (χ1n) is 7.52. The fraction of sp³-hybridized carbons (Fsp3) is 0.353. The van der Waals surface area contributed by atoms with Gasteiger partial charge >= 0.3 is 6.18 Å². The molecule has 3 rings (SSSR count). The molecule has 0 aliphatic heterocycles. The van der Waals surface area contributed by atoms with Crippen LogP contribution >= 0.6 is 0 Å². The highest BCUT2D eigenvalue weighted by Crippen LogP contribution is 2.45. The predicted octanol–water partition coefficient (Wildman–Crippen LogP) is 3.33. The summed E-state index contributed by atoms with van der Waals surface area (Å²) in [5, 5.41) is 13.3. The van der Waals surface area contributed by atoms with Gasteiger partial charge in [0.05, 0.1) is 18.4 Å². The lowest BCUT2D eigenvalue weighted by Crippen LogP contribution is -2.42. The van der Waals surface area contributed by atoms with Crippen LogP contribution in [0, 0.1) is 5.92 Å². The van der Waals surface area contributed by atoms with Crippen molar-refractivity contribution in [1.82, 2.24) is 5.32 Å². The number of rotatable bonds is 5. The molecule has 1 fully saturated rings. The monoisotopic (exact) mass is 339 g/mol. The summed E-state index contributed by atoms with van der Waals surface area (Å²) >= 11 is 0. The third-order valence-electron chi connectivity index (χ3n) is 4.17. The molecule has 0 saturated heterocycles. The van der Waals surface area contributed by atoms with E-state index in [0.717, 1.165) is 25.0 Å². The molecule has 1 heterocycles. The molecule has 0 spiro atoms. The number of carbonyl (C=O) groups is 1. The van der Waals surface area contributed by atoms with Crippen LogP contribution in [0.15, 0.2) is 47.1 Å². The quantitative estimate of drug-likeness (QED) is 0.878. The number of carbonyl (C=O) groups excluding carboxylic acids is 1. The Hall–Kier alpha value is -2.28. The van der Waals surface area contributed by atoms with Gasteiger partial charge in [0.25, 0.3) is 5.91 Å². The number of nitrogens with one attached hydrogen (secondary N) is 1. The topological polar surface area (TPSA) is 62.5 Å². The van der Waals surface area contributed by atoms with E-state index in [4.69, 9.17) is 4.42 Å². The van der Waals surface area contributed by atoms with E-state index < -0.39 is 23.2 Å². The van der Waals surface area contributed by atoms with Gasteiger partial charge in [0.2, 0.25) is 0 Å². The van der Waals surface area contributed by atoms with E-state index in [-0.39, 0.29) is 18.0 Å². The molecule has 1 aromatic heterocycles. The summed E-state index contributed by atoms with van der Waals surface area (Å²) in [4.78, 5) is 12.2. The Kier molecular flexibility index (Phi) is 4.13. The van der Waals surface area contributed by atoms with E-state index in [2.05, 4.69) is 5.32 Å². The maximum atomic E-state index is 12.7. The number of aliphatic hydroxyl groups is 1. The molecule has 1 atom stereocenters. The second kappa shape index (κ2) is 5.98. The van der Waals surface area contributed by atoms with Gasteiger partial charge in [-0.15, -0.1) is 0 Å². The van der Waals surface area contributed by atoms with Gasteiger partial charge in [0.15, 0.2) is 0 Å². The van der Waals surface area contributed by atoms with Crippen molar-refractivity contribution in [2.75, 3.05) is 6.54 Å². The minimum atomic E-state index is -4.51. The van der Waals surface area contributed by atoms with Crippen LogP contribution in [0.2, 0.25) is 0 Å². The van der Waals surface area contributed by atoms with Crippen molar-refractivity contribution in [3.8, 4) is 0 Å². The normalized spacial score (nSPS) is 17.3. The molecule has 1 aromatic carbocycles. The lowest BCUT2D eigenvalue weighted by molar-refractivity contribution is -0.137. The van der Waals surface area contributed by atoms with Gasteiger partial charge in [0.1, 0.15) is 11.4 Å². The van der Waals surface area contributed by atoms with Crippen LogP contribution in [0.1, 0.15) is 34.5 Å². The Balaban J connectivity index is 1.73. The average Bonchev–Trinajstić information content (AvgIpc) is 3.26. The highest BCUT2D eigenvalue weighted by atomic mass is 19.4. The summed E-state index contributed by atoms with van der Waals surface area (Å²) < 4.78 is 43.4. The van der Waals surface area contributed by atoms with E-state index in [1.54, 1.807) is 12.1 Å². The molecule has 24 heavy (non-hydrogen) atoms. The highest BCUT2D eigenvalue weighted by Gasteiger charge is 2.47. The summed E-state index contributed by atoms with van der Waals surface area (Å²) in [6, 6.07) is 7.43. The van der Waals surface area contributed by atoms with Gasteiger partial charge < -0.3 is 14.8 Å². The predicted molar refractivity (Wildman–Crippen MR) is 79.1 cm³/mol. The fourth-order valence-electron chi connectivity index (χ4n) is 2.67. The summed E-state index contributed by atoms with van der Waals surface area (Å²) in [5.41, 5.74) is -2.35. The van der Waals surface area contributed by atoms with Gasteiger partial charge in [-0.05, 0) is 49.1 Å². The summed E-state index contributed by atoms with van der Waals surface area (Å²) in [6.07, 6.45) is -1.48. The number of alkyl halides is 3. The third-order valence-corrected chi connectivity index (χ3v) is 4.17. The zero-order valence-corrected chi connectivity index (χ0v) is 12.6. The van der Waals surface area contributed by atoms with Crippen molar-refractivity contribution in [3.63, 3.8) is 0 Å². The molecule has 1 aliphatic carbocycles. The van der Waals surface area contributed by atoms with E-state index in [9.17, 15) is 23.1 Å².